The van der Waals surface area contributed by atoms with E-state index in [1.807, 2.05) is 51.1 Å². The minimum absolute atomic E-state index is 0.129. The minimum atomic E-state index is -1.41. The largest absolute Gasteiger partial charge is 0.388 e. The van der Waals surface area contributed by atoms with E-state index >= 15 is 0 Å². The quantitative estimate of drug-likeness (QED) is 0.231. The number of hydrogen-bond acceptors (Lipinski definition) is 5. The van der Waals surface area contributed by atoms with Crippen LogP contribution in [-0.4, -0.2) is 70.2 Å². The average molecular weight is 574 g/mol. The van der Waals surface area contributed by atoms with Crippen LogP contribution in [0.15, 0.2) is 78.9 Å². The van der Waals surface area contributed by atoms with E-state index in [0.717, 1.165) is 24.0 Å². The van der Waals surface area contributed by atoms with Gasteiger partial charge in [0.1, 0.15) is 12.2 Å². The van der Waals surface area contributed by atoms with Crippen LogP contribution in [0, 0.1) is 6.92 Å². The summed E-state index contributed by atoms with van der Waals surface area (Å²) in [6.45, 7) is 8.73. The van der Waals surface area contributed by atoms with E-state index in [1.165, 1.54) is 0 Å². The second-order valence-electron chi connectivity index (χ2n) is 10.8. The summed E-state index contributed by atoms with van der Waals surface area (Å²) in [4.78, 5) is 41.3. The molecule has 0 aliphatic carbocycles. The third-order valence-electron chi connectivity index (χ3n) is 7.14. The molecule has 3 amide bonds. The van der Waals surface area contributed by atoms with Crippen LogP contribution < -0.4 is 10.6 Å². The van der Waals surface area contributed by atoms with Gasteiger partial charge in [-0.1, -0.05) is 62.4 Å². The monoisotopic (exact) mass is 573 g/mol. The molecule has 0 unspecified atom stereocenters. The van der Waals surface area contributed by atoms with Gasteiger partial charge in [-0.3, -0.25) is 14.4 Å². The van der Waals surface area contributed by atoms with Gasteiger partial charge in [0.25, 0.3) is 17.7 Å². The molecule has 3 rings (SSSR count). The van der Waals surface area contributed by atoms with Crippen molar-refractivity contribution in [2.24, 2.45) is 0 Å². The standard InChI is InChI=1S/C34H43N3O5/c1-5-17-37(18-6-2)34(42)28-20-23(3)19-27(22-28)33(41)36-29(21-25-13-9-7-10-14-25)31(39)30(38)24(4)35-32(40)26-15-11-8-12-16-26/h7-16,19-20,22,24,29-31,38-39H,5-6,17-18,21H2,1-4H3,(H,35,40)(H,36,41)/t24-,29+,30-,31-/m1/s1. The SMILES string of the molecule is CCCN(CCC)C(=O)c1cc(C)cc(C(=O)N[C@@H](Cc2ccccc2)[C@@H](O)[C@H](O)[C@@H](C)NC(=O)c2ccccc2)c1. The van der Waals surface area contributed by atoms with Crippen LogP contribution in [0.1, 0.15) is 75.8 Å². The van der Waals surface area contributed by atoms with E-state index in [2.05, 4.69) is 10.6 Å². The van der Waals surface area contributed by atoms with Crippen molar-refractivity contribution in [3.05, 3.63) is 107 Å². The molecule has 8 nitrogen and oxygen atoms in total. The number of aliphatic hydroxyl groups is 2. The van der Waals surface area contributed by atoms with Gasteiger partial charge < -0.3 is 25.7 Å². The van der Waals surface area contributed by atoms with Crippen LogP contribution in [0.2, 0.25) is 0 Å². The van der Waals surface area contributed by atoms with Crippen molar-refractivity contribution in [2.75, 3.05) is 13.1 Å². The van der Waals surface area contributed by atoms with Gasteiger partial charge in [-0.25, -0.2) is 0 Å². The molecule has 0 heterocycles. The summed E-state index contributed by atoms with van der Waals surface area (Å²) < 4.78 is 0. The number of hydrogen-bond donors (Lipinski definition) is 4. The fraction of sp³-hybridized carbons (Fsp3) is 0.382. The number of aryl methyl sites for hydroxylation is 1. The summed E-state index contributed by atoms with van der Waals surface area (Å²) in [5, 5.41) is 28.0. The lowest BCUT2D eigenvalue weighted by molar-refractivity contribution is -0.0187. The summed E-state index contributed by atoms with van der Waals surface area (Å²) in [6, 6.07) is 21.3. The van der Waals surface area contributed by atoms with E-state index in [-0.39, 0.29) is 23.8 Å². The van der Waals surface area contributed by atoms with Crippen LogP contribution in [0.3, 0.4) is 0 Å². The van der Waals surface area contributed by atoms with Crippen LogP contribution in [0.4, 0.5) is 0 Å². The van der Waals surface area contributed by atoms with E-state index in [0.29, 0.717) is 24.2 Å². The molecule has 0 fully saturated rings. The number of carbonyl (C=O) groups excluding carboxylic acids is 3. The molecule has 8 heteroatoms. The van der Waals surface area contributed by atoms with Gasteiger partial charge in [-0.05, 0) is 74.6 Å². The van der Waals surface area contributed by atoms with Crippen LogP contribution in [0.5, 0.6) is 0 Å². The third kappa shape index (κ3) is 8.99. The highest BCUT2D eigenvalue weighted by Gasteiger charge is 2.33. The lowest BCUT2D eigenvalue weighted by atomic mass is 9.94. The Morgan fingerprint density at radius 3 is 1.88 bits per heavy atom. The molecule has 0 saturated carbocycles. The van der Waals surface area contributed by atoms with Gasteiger partial charge in [0.05, 0.1) is 12.1 Å². The maximum absolute atomic E-state index is 13.6. The topological polar surface area (TPSA) is 119 Å². The normalized spacial score (nSPS) is 13.9. The van der Waals surface area contributed by atoms with E-state index in [1.54, 1.807) is 60.4 Å². The Hall–Kier alpha value is -4.01. The zero-order valence-electron chi connectivity index (χ0n) is 24.9. The zero-order valence-corrected chi connectivity index (χ0v) is 24.9. The van der Waals surface area contributed by atoms with E-state index < -0.39 is 30.2 Å². The Kier molecular flexibility index (Phi) is 12.3. The minimum Gasteiger partial charge on any atom is -0.388 e. The number of aliphatic hydroxyl groups excluding tert-OH is 2. The molecule has 0 aliphatic heterocycles. The molecular weight excluding hydrogens is 530 g/mol. The first-order valence-electron chi connectivity index (χ1n) is 14.6. The summed E-state index contributed by atoms with van der Waals surface area (Å²) >= 11 is 0. The molecule has 0 bridgehead atoms. The van der Waals surface area contributed by atoms with Crippen LogP contribution >= 0.6 is 0 Å². The smallest absolute Gasteiger partial charge is 0.253 e. The zero-order chi connectivity index (χ0) is 30.6. The molecule has 0 aromatic heterocycles. The maximum atomic E-state index is 13.6. The third-order valence-corrected chi connectivity index (χ3v) is 7.14. The lowest BCUT2D eigenvalue weighted by Crippen LogP contribution is -2.55. The summed E-state index contributed by atoms with van der Waals surface area (Å²) in [5.41, 5.74) is 2.76. The lowest BCUT2D eigenvalue weighted by Gasteiger charge is -2.31. The number of nitrogens with zero attached hydrogens (tertiary/aromatic N) is 1. The molecule has 0 spiro atoms. The average Bonchev–Trinajstić information content (AvgIpc) is 3.00. The van der Waals surface area contributed by atoms with Crippen molar-refractivity contribution < 1.29 is 24.6 Å². The second-order valence-corrected chi connectivity index (χ2v) is 10.8. The van der Waals surface area contributed by atoms with Gasteiger partial charge in [0.15, 0.2) is 0 Å². The van der Waals surface area contributed by atoms with Gasteiger partial charge in [0.2, 0.25) is 0 Å². The van der Waals surface area contributed by atoms with Crippen molar-refractivity contribution in [3.8, 4) is 0 Å². The first-order valence-corrected chi connectivity index (χ1v) is 14.6. The van der Waals surface area contributed by atoms with Crippen LogP contribution in [-0.2, 0) is 6.42 Å². The molecule has 0 saturated heterocycles. The molecule has 3 aromatic rings. The first kappa shape index (κ1) is 32.5. The second kappa shape index (κ2) is 15.8. The summed E-state index contributed by atoms with van der Waals surface area (Å²) in [7, 11) is 0. The highest BCUT2D eigenvalue weighted by atomic mass is 16.3. The molecule has 224 valence electrons. The summed E-state index contributed by atoms with van der Waals surface area (Å²) in [5.74, 6) is -0.982. The van der Waals surface area contributed by atoms with Crippen molar-refractivity contribution in [3.63, 3.8) is 0 Å². The predicted molar refractivity (Wildman–Crippen MR) is 164 cm³/mol. The maximum Gasteiger partial charge on any atom is 0.253 e. The van der Waals surface area contributed by atoms with Crippen molar-refractivity contribution >= 4 is 17.7 Å². The highest BCUT2D eigenvalue weighted by molar-refractivity contribution is 6.00. The molecular formula is C34H43N3O5. The Labute approximate surface area is 248 Å². The Morgan fingerprint density at radius 2 is 1.29 bits per heavy atom. The van der Waals surface area contributed by atoms with Crippen molar-refractivity contribution in [1.29, 1.82) is 0 Å². The molecule has 4 atom stereocenters. The fourth-order valence-corrected chi connectivity index (χ4v) is 4.95. The van der Waals surface area contributed by atoms with Crippen LogP contribution in [0.25, 0.3) is 0 Å². The van der Waals surface area contributed by atoms with Crippen molar-refractivity contribution in [1.82, 2.24) is 15.5 Å². The van der Waals surface area contributed by atoms with Gasteiger partial charge in [0, 0.05) is 29.8 Å². The number of amides is 3. The van der Waals surface area contributed by atoms with Gasteiger partial charge in [-0.2, -0.15) is 0 Å². The van der Waals surface area contributed by atoms with E-state index in [9.17, 15) is 24.6 Å². The van der Waals surface area contributed by atoms with Gasteiger partial charge >= 0.3 is 0 Å². The van der Waals surface area contributed by atoms with Crippen molar-refractivity contribution in [2.45, 2.75) is 71.2 Å². The number of carbonyl (C=O) groups is 3. The molecule has 42 heavy (non-hydrogen) atoms. The molecule has 3 aromatic carbocycles. The van der Waals surface area contributed by atoms with Gasteiger partial charge in [-0.15, -0.1) is 0 Å². The number of nitrogens with one attached hydrogen (secondary N) is 2. The molecule has 0 aliphatic rings. The number of rotatable bonds is 14. The Bertz CT molecular complexity index is 1310. The highest BCUT2D eigenvalue weighted by Crippen LogP contribution is 2.16. The van der Waals surface area contributed by atoms with E-state index in [4.69, 9.17) is 0 Å². The summed E-state index contributed by atoms with van der Waals surface area (Å²) in [6.07, 6.45) is -0.885. The molecule has 0 radical (unpaired) electrons. The first-order chi connectivity index (χ1) is 20.1. The predicted octanol–water partition coefficient (Wildman–Crippen LogP) is 4.14. The molecule has 4 N–H and O–H groups in total. The Morgan fingerprint density at radius 1 is 0.738 bits per heavy atom. The Balaban J connectivity index is 1.82. The number of benzene rings is 3. The fourth-order valence-electron chi connectivity index (χ4n) is 4.95.